The van der Waals surface area contributed by atoms with E-state index in [0.717, 1.165) is 0 Å². The van der Waals surface area contributed by atoms with E-state index in [2.05, 4.69) is 5.32 Å². The van der Waals surface area contributed by atoms with Gasteiger partial charge in [-0.15, -0.1) is 0 Å². The average Bonchev–Trinajstić information content (AvgIpc) is 2.41. The molecule has 0 bridgehead atoms. The number of rotatable bonds is 3. The van der Waals surface area contributed by atoms with Crippen molar-refractivity contribution in [3.63, 3.8) is 0 Å². The number of anilines is 1. The number of benzene rings is 2. The second-order valence-corrected chi connectivity index (χ2v) is 5.62. The van der Waals surface area contributed by atoms with Crippen molar-refractivity contribution in [2.24, 2.45) is 0 Å². The lowest BCUT2D eigenvalue weighted by Gasteiger charge is -2.09. The summed E-state index contributed by atoms with van der Waals surface area (Å²) in [5.41, 5.74) is -3.15. The molecule has 0 heterocycles. The van der Waals surface area contributed by atoms with Crippen LogP contribution in [0.5, 0.6) is 0 Å². The first-order valence-electron chi connectivity index (χ1n) is 6.18. The second kappa shape index (κ2) is 6.39. The van der Waals surface area contributed by atoms with Crippen molar-refractivity contribution in [3.05, 3.63) is 59.4 Å². The summed E-state index contributed by atoms with van der Waals surface area (Å²) in [6, 6.07) is 8.99. The second-order valence-electron chi connectivity index (χ2n) is 4.49. The van der Waals surface area contributed by atoms with E-state index in [9.17, 15) is 22.4 Å². The number of alkyl halides is 3. The summed E-state index contributed by atoms with van der Waals surface area (Å²) in [5, 5.41) is 2.59. The highest BCUT2D eigenvalue weighted by Crippen LogP contribution is 2.36. The Bertz CT molecular complexity index is 683. The number of aryl methyl sites for hydroxylation is 1. The molecule has 22 heavy (non-hydrogen) atoms. The molecule has 0 spiro atoms. The molecule has 0 aliphatic rings. The number of halogens is 4. The molecule has 2 aromatic carbocycles. The van der Waals surface area contributed by atoms with Crippen LogP contribution in [0.1, 0.15) is 15.9 Å². The summed E-state index contributed by atoms with van der Waals surface area (Å²) in [4.78, 5) is 12.0. The van der Waals surface area contributed by atoms with E-state index in [1.54, 1.807) is 6.92 Å². The number of amides is 1. The van der Waals surface area contributed by atoms with Crippen LogP contribution in [0.4, 0.5) is 23.2 Å². The molecule has 0 aliphatic carbocycles. The Morgan fingerprint density at radius 3 is 2.27 bits per heavy atom. The minimum atomic E-state index is -4.37. The number of hydrogen-bond acceptors (Lipinski definition) is 2. The normalized spacial score (nSPS) is 11.3. The zero-order chi connectivity index (χ0) is 16.3. The van der Waals surface area contributed by atoms with Crippen molar-refractivity contribution in [3.8, 4) is 0 Å². The van der Waals surface area contributed by atoms with E-state index in [0.29, 0.717) is 11.3 Å². The third-order valence-electron chi connectivity index (χ3n) is 2.79. The van der Waals surface area contributed by atoms with Gasteiger partial charge >= 0.3 is 5.51 Å². The molecule has 1 amide bonds. The topological polar surface area (TPSA) is 29.1 Å². The fraction of sp³-hybridized carbons (Fsp3) is 0.133. The van der Waals surface area contributed by atoms with Gasteiger partial charge in [-0.2, -0.15) is 13.2 Å². The molecule has 7 heteroatoms. The van der Waals surface area contributed by atoms with Gasteiger partial charge in [-0.1, -0.05) is 0 Å². The molecule has 0 saturated heterocycles. The van der Waals surface area contributed by atoms with Crippen LogP contribution >= 0.6 is 11.8 Å². The number of thioether (sulfide) groups is 1. The maximum atomic E-state index is 13.0. The Kier molecular flexibility index (Phi) is 4.75. The lowest BCUT2D eigenvalue weighted by molar-refractivity contribution is -0.0328. The molecule has 2 nitrogen and oxygen atoms in total. The minimum absolute atomic E-state index is 0.00186. The van der Waals surface area contributed by atoms with Crippen molar-refractivity contribution in [2.75, 3.05) is 5.32 Å². The predicted molar refractivity (Wildman–Crippen MR) is 77.4 cm³/mol. The molecular weight excluding hydrogens is 318 g/mol. The van der Waals surface area contributed by atoms with Crippen LogP contribution in [0, 0.1) is 12.7 Å². The first-order valence-corrected chi connectivity index (χ1v) is 6.99. The van der Waals surface area contributed by atoms with E-state index in [-0.39, 0.29) is 22.2 Å². The standard InChI is InChI=1S/C15H11F4NOS/c1-9-8-11(16)4-7-13(9)20-14(21)10-2-5-12(6-3-10)22-15(17,18)19/h2-8H,1H3,(H,20,21). The summed E-state index contributed by atoms with van der Waals surface area (Å²) in [6.45, 7) is 1.64. The van der Waals surface area contributed by atoms with Gasteiger partial charge in [-0.3, -0.25) is 4.79 Å². The first-order chi connectivity index (χ1) is 10.2. The lowest BCUT2D eigenvalue weighted by atomic mass is 10.1. The van der Waals surface area contributed by atoms with Crippen molar-refractivity contribution in [2.45, 2.75) is 17.3 Å². The highest BCUT2D eigenvalue weighted by atomic mass is 32.2. The fourth-order valence-electron chi connectivity index (χ4n) is 1.77. The summed E-state index contributed by atoms with van der Waals surface area (Å²) in [7, 11) is 0. The smallest absolute Gasteiger partial charge is 0.322 e. The first kappa shape index (κ1) is 16.4. The molecule has 2 aromatic rings. The zero-order valence-corrected chi connectivity index (χ0v) is 12.2. The zero-order valence-electron chi connectivity index (χ0n) is 11.4. The minimum Gasteiger partial charge on any atom is -0.322 e. The van der Waals surface area contributed by atoms with Crippen LogP contribution in [0.3, 0.4) is 0 Å². The molecule has 0 radical (unpaired) electrons. The van der Waals surface area contributed by atoms with Crippen LogP contribution in [0.15, 0.2) is 47.4 Å². The van der Waals surface area contributed by atoms with Crippen LogP contribution in [-0.4, -0.2) is 11.4 Å². The van der Waals surface area contributed by atoms with Gasteiger partial charge in [0.25, 0.3) is 5.91 Å². The van der Waals surface area contributed by atoms with Gasteiger partial charge in [0.1, 0.15) is 5.82 Å². The number of nitrogens with one attached hydrogen (secondary N) is 1. The SMILES string of the molecule is Cc1cc(F)ccc1NC(=O)c1ccc(SC(F)(F)F)cc1. The maximum absolute atomic E-state index is 13.0. The molecule has 0 saturated carbocycles. The largest absolute Gasteiger partial charge is 0.446 e. The predicted octanol–water partition coefficient (Wildman–Crippen LogP) is 5.00. The Morgan fingerprint density at radius 1 is 1.09 bits per heavy atom. The van der Waals surface area contributed by atoms with Crippen LogP contribution < -0.4 is 5.32 Å². The number of hydrogen-bond donors (Lipinski definition) is 1. The molecule has 0 unspecified atom stereocenters. The van der Waals surface area contributed by atoms with Gasteiger partial charge in [0.2, 0.25) is 0 Å². The lowest BCUT2D eigenvalue weighted by Crippen LogP contribution is -2.12. The Morgan fingerprint density at radius 2 is 1.73 bits per heavy atom. The molecule has 116 valence electrons. The summed E-state index contributed by atoms with van der Waals surface area (Å²) >= 11 is -0.244. The van der Waals surface area contributed by atoms with Crippen LogP contribution in [-0.2, 0) is 0 Å². The van der Waals surface area contributed by atoms with Crippen molar-refractivity contribution < 1.29 is 22.4 Å². The summed E-state index contributed by atoms with van der Waals surface area (Å²) < 4.78 is 49.6. The Balaban J connectivity index is 2.10. The molecule has 0 atom stereocenters. The van der Waals surface area contributed by atoms with E-state index in [4.69, 9.17) is 0 Å². The van der Waals surface area contributed by atoms with Gasteiger partial charge in [0, 0.05) is 16.1 Å². The van der Waals surface area contributed by atoms with Gasteiger partial charge in [0.15, 0.2) is 0 Å². The summed E-state index contributed by atoms with van der Waals surface area (Å²) in [5.74, 6) is -0.887. The van der Waals surface area contributed by atoms with Crippen LogP contribution in [0.2, 0.25) is 0 Å². The molecule has 0 fully saturated rings. The van der Waals surface area contributed by atoms with E-state index in [1.165, 1.54) is 42.5 Å². The third kappa shape index (κ3) is 4.49. The van der Waals surface area contributed by atoms with Gasteiger partial charge in [-0.25, -0.2) is 4.39 Å². The highest BCUT2D eigenvalue weighted by Gasteiger charge is 2.29. The summed E-state index contributed by atoms with van der Waals surface area (Å²) in [6.07, 6.45) is 0. The maximum Gasteiger partial charge on any atom is 0.446 e. The number of carbonyl (C=O) groups excluding carboxylic acids is 1. The van der Waals surface area contributed by atoms with Gasteiger partial charge < -0.3 is 5.32 Å². The van der Waals surface area contributed by atoms with Gasteiger partial charge in [-0.05, 0) is 66.7 Å². The Labute approximate surface area is 128 Å². The van der Waals surface area contributed by atoms with Crippen molar-refractivity contribution in [1.82, 2.24) is 0 Å². The number of carbonyl (C=O) groups is 1. The Hall–Kier alpha value is -2.02. The molecular formula is C15H11F4NOS. The average molecular weight is 329 g/mol. The highest BCUT2D eigenvalue weighted by molar-refractivity contribution is 8.00. The monoisotopic (exact) mass is 329 g/mol. The van der Waals surface area contributed by atoms with E-state index >= 15 is 0 Å². The van der Waals surface area contributed by atoms with E-state index in [1.807, 2.05) is 0 Å². The van der Waals surface area contributed by atoms with Crippen molar-refractivity contribution in [1.29, 1.82) is 0 Å². The molecule has 0 aromatic heterocycles. The fourth-order valence-corrected chi connectivity index (χ4v) is 2.31. The van der Waals surface area contributed by atoms with E-state index < -0.39 is 17.2 Å². The quantitative estimate of drug-likeness (QED) is 0.634. The molecule has 1 N–H and O–H groups in total. The van der Waals surface area contributed by atoms with Crippen molar-refractivity contribution >= 4 is 23.4 Å². The van der Waals surface area contributed by atoms with Gasteiger partial charge in [0.05, 0.1) is 0 Å². The molecule has 2 rings (SSSR count). The molecule has 0 aliphatic heterocycles. The van der Waals surface area contributed by atoms with Crippen LogP contribution in [0.25, 0.3) is 0 Å². The third-order valence-corrected chi connectivity index (χ3v) is 3.53.